The molecule has 0 radical (unpaired) electrons. The first-order chi connectivity index (χ1) is 8.69. The van der Waals surface area contributed by atoms with E-state index in [1.54, 1.807) is 6.07 Å². The molecule has 0 saturated carbocycles. The third-order valence-corrected chi connectivity index (χ3v) is 3.31. The SMILES string of the molecule is CN(Cc1cc(C#N)ccc1F)CC1CCCN1. The summed E-state index contributed by atoms with van der Waals surface area (Å²) < 4.78 is 13.6. The smallest absolute Gasteiger partial charge is 0.127 e. The number of nitrogens with one attached hydrogen (secondary N) is 1. The maximum Gasteiger partial charge on any atom is 0.127 e. The van der Waals surface area contributed by atoms with Crippen LogP contribution in [0.5, 0.6) is 0 Å². The zero-order chi connectivity index (χ0) is 13.0. The van der Waals surface area contributed by atoms with Crippen LogP contribution in [0.3, 0.4) is 0 Å². The largest absolute Gasteiger partial charge is 0.313 e. The normalized spacial score (nSPS) is 19.1. The monoisotopic (exact) mass is 247 g/mol. The number of nitrogens with zero attached hydrogens (tertiary/aromatic N) is 2. The van der Waals surface area contributed by atoms with Crippen molar-refractivity contribution in [3.8, 4) is 6.07 Å². The number of likely N-dealkylation sites (N-methyl/N-ethyl adjacent to an activating group) is 1. The minimum absolute atomic E-state index is 0.236. The van der Waals surface area contributed by atoms with Gasteiger partial charge in [-0.2, -0.15) is 5.26 Å². The van der Waals surface area contributed by atoms with Gasteiger partial charge in [-0.15, -0.1) is 0 Å². The molecule has 1 aliphatic heterocycles. The van der Waals surface area contributed by atoms with Crippen molar-refractivity contribution in [1.82, 2.24) is 10.2 Å². The number of rotatable bonds is 4. The summed E-state index contributed by atoms with van der Waals surface area (Å²) >= 11 is 0. The van der Waals surface area contributed by atoms with Crippen LogP contribution in [0.4, 0.5) is 4.39 Å². The van der Waals surface area contributed by atoms with E-state index in [9.17, 15) is 4.39 Å². The molecule has 1 aliphatic rings. The molecule has 0 spiro atoms. The number of hydrogen-bond acceptors (Lipinski definition) is 3. The van der Waals surface area contributed by atoms with Gasteiger partial charge in [0.05, 0.1) is 11.6 Å². The second kappa shape index (κ2) is 5.94. The summed E-state index contributed by atoms with van der Waals surface area (Å²) in [5.74, 6) is -0.236. The lowest BCUT2D eigenvalue weighted by Crippen LogP contribution is -2.35. The van der Waals surface area contributed by atoms with Crippen LogP contribution < -0.4 is 5.32 Å². The van der Waals surface area contributed by atoms with Gasteiger partial charge < -0.3 is 10.2 Å². The predicted octanol–water partition coefficient (Wildman–Crippen LogP) is 1.88. The third kappa shape index (κ3) is 3.28. The molecule has 4 heteroatoms. The topological polar surface area (TPSA) is 39.1 Å². The van der Waals surface area contributed by atoms with Gasteiger partial charge in [0.2, 0.25) is 0 Å². The fourth-order valence-corrected chi connectivity index (χ4v) is 2.41. The molecule has 0 amide bonds. The van der Waals surface area contributed by atoms with Crippen LogP contribution in [0.2, 0.25) is 0 Å². The molecule has 3 nitrogen and oxygen atoms in total. The van der Waals surface area contributed by atoms with Crippen molar-refractivity contribution in [2.75, 3.05) is 20.1 Å². The first-order valence-electron chi connectivity index (χ1n) is 6.29. The van der Waals surface area contributed by atoms with Gasteiger partial charge in [0.25, 0.3) is 0 Å². The van der Waals surface area contributed by atoms with Gasteiger partial charge in [-0.1, -0.05) is 0 Å². The van der Waals surface area contributed by atoms with Crippen LogP contribution in [0.15, 0.2) is 18.2 Å². The molecule has 0 aromatic heterocycles. The maximum atomic E-state index is 13.6. The molecular formula is C14H18FN3. The Morgan fingerprint density at radius 3 is 3.06 bits per heavy atom. The second-order valence-corrected chi connectivity index (χ2v) is 4.91. The van der Waals surface area contributed by atoms with Gasteiger partial charge >= 0.3 is 0 Å². The minimum Gasteiger partial charge on any atom is -0.313 e. The molecule has 1 N–H and O–H groups in total. The summed E-state index contributed by atoms with van der Waals surface area (Å²) in [6.45, 7) is 2.53. The van der Waals surface area contributed by atoms with Crippen molar-refractivity contribution in [2.24, 2.45) is 0 Å². The molecule has 96 valence electrons. The standard InChI is InChI=1S/C14H18FN3/c1-18(10-13-3-2-6-17-13)9-12-7-11(8-16)4-5-14(12)15/h4-5,7,13,17H,2-3,6,9-10H2,1H3. The molecular weight excluding hydrogens is 229 g/mol. The average Bonchev–Trinajstić information content (AvgIpc) is 2.84. The lowest BCUT2D eigenvalue weighted by Gasteiger charge is -2.21. The molecule has 1 aromatic carbocycles. The van der Waals surface area contributed by atoms with E-state index in [4.69, 9.17) is 5.26 Å². The van der Waals surface area contributed by atoms with Gasteiger partial charge in [-0.25, -0.2) is 4.39 Å². The van der Waals surface area contributed by atoms with Gasteiger partial charge in [-0.3, -0.25) is 0 Å². The summed E-state index contributed by atoms with van der Waals surface area (Å²) in [7, 11) is 1.98. The number of nitriles is 1. The number of halogens is 1. The van der Waals surface area contributed by atoms with E-state index in [1.165, 1.54) is 25.0 Å². The van der Waals surface area contributed by atoms with Crippen LogP contribution in [-0.4, -0.2) is 31.1 Å². The highest BCUT2D eigenvalue weighted by Crippen LogP contribution is 2.13. The zero-order valence-corrected chi connectivity index (χ0v) is 10.6. The van der Waals surface area contributed by atoms with Gasteiger partial charge in [0.1, 0.15) is 5.82 Å². The Balaban J connectivity index is 1.97. The highest BCUT2D eigenvalue weighted by Gasteiger charge is 2.16. The molecule has 0 bridgehead atoms. The van der Waals surface area contributed by atoms with E-state index in [0.717, 1.165) is 13.1 Å². The summed E-state index contributed by atoms with van der Waals surface area (Å²) in [6, 6.07) is 7.07. The third-order valence-electron chi connectivity index (χ3n) is 3.31. The molecule has 1 saturated heterocycles. The Kier molecular flexibility index (Phi) is 4.29. The van der Waals surface area contributed by atoms with Crippen molar-refractivity contribution in [3.63, 3.8) is 0 Å². The van der Waals surface area contributed by atoms with Crippen molar-refractivity contribution in [3.05, 3.63) is 35.1 Å². The van der Waals surface area contributed by atoms with E-state index < -0.39 is 0 Å². The van der Waals surface area contributed by atoms with Crippen LogP contribution in [0, 0.1) is 17.1 Å². The van der Waals surface area contributed by atoms with Crippen molar-refractivity contribution in [1.29, 1.82) is 5.26 Å². The van der Waals surface area contributed by atoms with Crippen molar-refractivity contribution in [2.45, 2.75) is 25.4 Å². The summed E-state index contributed by atoms with van der Waals surface area (Å²) in [5, 5.41) is 12.2. The van der Waals surface area contributed by atoms with E-state index in [1.807, 2.05) is 13.1 Å². The van der Waals surface area contributed by atoms with Crippen LogP contribution in [0.25, 0.3) is 0 Å². The van der Waals surface area contributed by atoms with Crippen molar-refractivity contribution >= 4 is 0 Å². The lowest BCUT2D eigenvalue weighted by atomic mass is 10.1. The Morgan fingerprint density at radius 1 is 1.56 bits per heavy atom. The molecule has 0 aliphatic carbocycles. The molecule has 1 fully saturated rings. The molecule has 1 unspecified atom stereocenters. The predicted molar refractivity (Wildman–Crippen MR) is 68.5 cm³/mol. The molecule has 2 rings (SSSR count). The molecule has 1 aromatic rings. The van der Waals surface area contributed by atoms with Crippen LogP contribution in [0.1, 0.15) is 24.0 Å². The Labute approximate surface area is 107 Å². The summed E-state index contributed by atoms with van der Waals surface area (Å²) in [4.78, 5) is 2.10. The Bertz CT molecular complexity index is 447. The molecule has 1 heterocycles. The zero-order valence-electron chi connectivity index (χ0n) is 10.6. The molecule has 18 heavy (non-hydrogen) atoms. The molecule has 1 atom stereocenters. The highest BCUT2D eigenvalue weighted by atomic mass is 19.1. The van der Waals surface area contributed by atoms with Gasteiger partial charge in [-0.05, 0) is 44.6 Å². The first-order valence-corrected chi connectivity index (χ1v) is 6.29. The maximum absolute atomic E-state index is 13.6. The van der Waals surface area contributed by atoms with E-state index in [2.05, 4.69) is 10.2 Å². The van der Waals surface area contributed by atoms with E-state index >= 15 is 0 Å². The van der Waals surface area contributed by atoms with E-state index in [0.29, 0.717) is 23.7 Å². The Hall–Kier alpha value is -1.44. The lowest BCUT2D eigenvalue weighted by molar-refractivity contribution is 0.289. The van der Waals surface area contributed by atoms with Gasteiger partial charge in [0.15, 0.2) is 0 Å². The second-order valence-electron chi connectivity index (χ2n) is 4.91. The first kappa shape index (κ1) is 13.0. The highest BCUT2D eigenvalue weighted by molar-refractivity contribution is 5.33. The van der Waals surface area contributed by atoms with Crippen molar-refractivity contribution < 1.29 is 4.39 Å². The minimum atomic E-state index is -0.236. The fraction of sp³-hybridized carbons (Fsp3) is 0.500. The van der Waals surface area contributed by atoms with Crippen LogP contribution in [-0.2, 0) is 6.54 Å². The summed E-state index contributed by atoms with van der Waals surface area (Å²) in [6.07, 6.45) is 2.40. The fourth-order valence-electron chi connectivity index (χ4n) is 2.41. The van der Waals surface area contributed by atoms with Gasteiger partial charge in [0, 0.05) is 24.7 Å². The quantitative estimate of drug-likeness (QED) is 0.883. The number of benzene rings is 1. The number of hydrogen-bond donors (Lipinski definition) is 1. The Morgan fingerprint density at radius 2 is 2.39 bits per heavy atom. The summed E-state index contributed by atoms with van der Waals surface area (Å²) in [5.41, 5.74) is 1.10. The van der Waals surface area contributed by atoms with Crippen LogP contribution >= 0.6 is 0 Å². The van der Waals surface area contributed by atoms with E-state index in [-0.39, 0.29) is 5.82 Å². The average molecular weight is 247 g/mol.